The van der Waals surface area contributed by atoms with Crippen LogP contribution >= 0.6 is 0 Å². The monoisotopic (exact) mass is 203 g/mol. The second kappa shape index (κ2) is 3.32. The molecule has 3 rings (SSSR count). The predicted octanol–water partition coefficient (Wildman–Crippen LogP) is 1.76. The van der Waals surface area contributed by atoms with Crippen LogP contribution < -0.4 is 5.32 Å². The van der Waals surface area contributed by atoms with Gasteiger partial charge in [0.05, 0.1) is 18.8 Å². The molecule has 0 bridgehead atoms. The van der Waals surface area contributed by atoms with E-state index >= 15 is 0 Å². The van der Waals surface area contributed by atoms with Gasteiger partial charge in [0.25, 0.3) is 0 Å². The van der Waals surface area contributed by atoms with Crippen molar-refractivity contribution < 1.29 is 4.74 Å². The van der Waals surface area contributed by atoms with E-state index in [1.54, 1.807) is 0 Å². The van der Waals surface area contributed by atoms with E-state index in [0.29, 0.717) is 0 Å². The summed E-state index contributed by atoms with van der Waals surface area (Å²) >= 11 is 0. The van der Waals surface area contributed by atoms with Gasteiger partial charge in [-0.15, -0.1) is 0 Å². The normalized spacial score (nSPS) is 29.4. The van der Waals surface area contributed by atoms with E-state index in [-0.39, 0.29) is 5.54 Å². The lowest BCUT2D eigenvalue weighted by Gasteiger charge is -2.35. The first-order valence-corrected chi connectivity index (χ1v) is 5.73. The fourth-order valence-electron chi connectivity index (χ4n) is 2.87. The molecule has 0 aromatic heterocycles. The van der Waals surface area contributed by atoms with Crippen molar-refractivity contribution in [2.24, 2.45) is 0 Å². The maximum absolute atomic E-state index is 5.63. The molecule has 2 heteroatoms. The Kier molecular flexibility index (Phi) is 2.08. The van der Waals surface area contributed by atoms with Gasteiger partial charge in [-0.1, -0.05) is 23.8 Å². The molecule has 0 radical (unpaired) electrons. The zero-order chi connectivity index (χ0) is 10.3. The van der Waals surface area contributed by atoms with Crippen molar-refractivity contribution in [1.29, 1.82) is 0 Å². The minimum atomic E-state index is 0.126. The molecule has 1 aliphatic heterocycles. The van der Waals surface area contributed by atoms with E-state index < -0.39 is 0 Å². The van der Waals surface area contributed by atoms with E-state index in [1.807, 2.05) is 0 Å². The number of hydrogen-bond acceptors (Lipinski definition) is 2. The Morgan fingerprint density at radius 3 is 3.13 bits per heavy atom. The summed E-state index contributed by atoms with van der Waals surface area (Å²) in [5.74, 6) is 0. The smallest absolute Gasteiger partial charge is 0.0691 e. The topological polar surface area (TPSA) is 21.3 Å². The summed E-state index contributed by atoms with van der Waals surface area (Å²) in [4.78, 5) is 0. The van der Waals surface area contributed by atoms with Crippen LogP contribution in [0.25, 0.3) is 0 Å². The van der Waals surface area contributed by atoms with Gasteiger partial charge in [0.2, 0.25) is 0 Å². The molecule has 15 heavy (non-hydrogen) atoms. The fraction of sp³-hybridized carbons (Fsp3) is 0.538. The number of aryl methyl sites for hydroxylation is 2. The van der Waals surface area contributed by atoms with E-state index in [1.165, 1.54) is 29.5 Å². The van der Waals surface area contributed by atoms with Gasteiger partial charge in [0, 0.05) is 6.54 Å². The van der Waals surface area contributed by atoms with Crippen molar-refractivity contribution >= 4 is 0 Å². The van der Waals surface area contributed by atoms with E-state index in [4.69, 9.17) is 4.74 Å². The molecule has 1 aromatic rings. The molecule has 1 saturated heterocycles. The minimum absolute atomic E-state index is 0.126. The van der Waals surface area contributed by atoms with Crippen LogP contribution in [0.1, 0.15) is 23.1 Å². The summed E-state index contributed by atoms with van der Waals surface area (Å²) in [6.07, 6.45) is 2.37. The summed E-state index contributed by atoms with van der Waals surface area (Å²) < 4.78 is 5.63. The van der Waals surface area contributed by atoms with Gasteiger partial charge in [-0.3, -0.25) is 0 Å². The summed E-state index contributed by atoms with van der Waals surface area (Å²) in [6.45, 7) is 4.83. The largest absolute Gasteiger partial charge is 0.378 e. The first kappa shape index (κ1) is 9.37. The molecule has 0 amide bonds. The third kappa shape index (κ3) is 1.40. The lowest BCUT2D eigenvalue weighted by atomic mass is 9.91. The van der Waals surface area contributed by atoms with Gasteiger partial charge in [-0.25, -0.2) is 0 Å². The van der Waals surface area contributed by atoms with Crippen molar-refractivity contribution in [2.45, 2.75) is 25.3 Å². The number of hydrogen-bond donors (Lipinski definition) is 1. The number of fused-ring (bicyclic) bond motifs is 2. The molecule has 1 atom stereocenters. The fourth-order valence-corrected chi connectivity index (χ4v) is 2.87. The molecule has 0 unspecified atom stereocenters. The highest BCUT2D eigenvalue weighted by atomic mass is 16.5. The van der Waals surface area contributed by atoms with Gasteiger partial charge < -0.3 is 10.1 Å². The highest BCUT2D eigenvalue weighted by molar-refractivity contribution is 5.41. The molecule has 1 spiro atoms. The van der Waals surface area contributed by atoms with Crippen LogP contribution in [0.3, 0.4) is 0 Å². The zero-order valence-corrected chi connectivity index (χ0v) is 9.18. The van der Waals surface area contributed by atoms with Crippen molar-refractivity contribution in [3.05, 3.63) is 34.9 Å². The van der Waals surface area contributed by atoms with Gasteiger partial charge in [-0.2, -0.15) is 0 Å². The Balaban J connectivity index is 2.03. The Labute approximate surface area is 90.6 Å². The molecule has 1 aliphatic carbocycles. The van der Waals surface area contributed by atoms with Gasteiger partial charge in [0.1, 0.15) is 0 Å². The molecule has 1 fully saturated rings. The second-order valence-electron chi connectivity index (χ2n) is 4.72. The second-order valence-corrected chi connectivity index (χ2v) is 4.72. The third-order valence-corrected chi connectivity index (χ3v) is 3.66. The summed E-state index contributed by atoms with van der Waals surface area (Å²) in [6, 6.07) is 6.81. The lowest BCUT2D eigenvalue weighted by molar-refractivity contribution is 0.0260. The highest BCUT2D eigenvalue weighted by Gasteiger charge is 2.39. The van der Waals surface area contributed by atoms with E-state index in [9.17, 15) is 0 Å². The Bertz CT molecular complexity index is 380. The number of rotatable bonds is 0. The van der Waals surface area contributed by atoms with Crippen molar-refractivity contribution in [3.63, 3.8) is 0 Å². The average molecular weight is 203 g/mol. The first-order chi connectivity index (χ1) is 7.30. The quantitative estimate of drug-likeness (QED) is 0.693. The zero-order valence-electron chi connectivity index (χ0n) is 9.18. The van der Waals surface area contributed by atoms with E-state index in [0.717, 1.165) is 19.8 Å². The van der Waals surface area contributed by atoms with Crippen LogP contribution in [-0.2, 0) is 16.7 Å². The van der Waals surface area contributed by atoms with Crippen molar-refractivity contribution in [3.8, 4) is 0 Å². The number of nitrogens with one attached hydrogen (secondary N) is 1. The molecule has 2 aliphatic rings. The maximum atomic E-state index is 5.63. The predicted molar refractivity (Wildman–Crippen MR) is 60.0 cm³/mol. The minimum Gasteiger partial charge on any atom is -0.378 e. The average Bonchev–Trinajstić information content (AvgIpc) is 2.58. The number of morpholine rings is 1. The molecule has 1 heterocycles. The number of benzene rings is 1. The van der Waals surface area contributed by atoms with Gasteiger partial charge in [0.15, 0.2) is 0 Å². The molecule has 0 saturated carbocycles. The lowest BCUT2D eigenvalue weighted by Crippen LogP contribution is -2.50. The van der Waals surface area contributed by atoms with Gasteiger partial charge in [-0.05, 0) is 30.9 Å². The van der Waals surface area contributed by atoms with Crippen LogP contribution in [0.5, 0.6) is 0 Å². The molecule has 2 nitrogen and oxygen atoms in total. The maximum Gasteiger partial charge on any atom is 0.0691 e. The van der Waals surface area contributed by atoms with E-state index in [2.05, 4.69) is 30.4 Å². The Hall–Kier alpha value is -0.860. The van der Waals surface area contributed by atoms with Crippen LogP contribution in [0.2, 0.25) is 0 Å². The highest BCUT2D eigenvalue weighted by Crippen LogP contribution is 2.38. The molecule has 1 aromatic carbocycles. The van der Waals surface area contributed by atoms with Crippen LogP contribution in [0.15, 0.2) is 18.2 Å². The van der Waals surface area contributed by atoms with Crippen LogP contribution in [0.4, 0.5) is 0 Å². The van der Waals surface area contributed by atoms with Crippen molar-refractivity contribution in [2.75, 3.05) is 19.8 Å². The Morgan fingerprint density at radius 1 is 1.40 bits per heavy atom. The molecule has 1 N–H and O–H groups in total. The van der Waals surface area contributed by atoms with Gasteiger partial charge >= 0.3 is 0 Å². The Morgan fingerprint density at radius 2 is 2.33 bits per heavy atom. The van der Waals surface area contributed by atoms with Crippen molar-refractivity contribution in [1.82, 2.24) is 5.32 Å². The first-order valence-electron chi connectivity index (χ1n) is 5.73. The number of ether oxygens (including phenoxy) is 1. The van der Waals surface area contributed by atoms with Crippen LogP contribution in [0, 0.1) is 6.92 Å². The molecular formula is C13H17NO. The van der Waals surface area contributed by atoms with Crippen LogP contribution in [-0.4, -0.2) is 19.8 Å². The molecular weight excluding hydrogens is 186 g/mol. The third-order valence-electron chi connectivity index (χ3n) is 3.66. The summed E-state index contributed by atoms with van der Waals surface area (Å²) in [5.41, 5.74) is 4.46. The molecule has 80 valence electrons. The summed E-state index contributed by atoms with van der Waals surface area (Å²) in [7, 11) is 0. The SMILES string of the molecule is Cc1ccc2c(c1)CC[C@]21COCCN1. The standard InChI is InChI=1S/C13H17NO/c1-10-2-3-12-11(8-10)4-5-13(12)9-15-7-6-14-13/h2-3,8,14H,4-7,9H2,1H3/t13-/m0/s1. The summed E-state index contributed by atoms with van der Waals surface area (Å²) in [5, 5.41) is 3.65.